The second kappa shape index (κ2) is 3.45. The van der Waals surface area contributed by atoms with Crippen LogP contribution in [0.25, 0.3) is 0 Å². The van der Waals surface area contributed by atoms with Crippen molar-refractivity contribution in [3.05, 3.63) is 0 Å². The van der Waals surface area contributed by atoms with Gasteiger partial charge in [0.2, 0.25) is 11.8 Å². The highest BCUT2D eigenvalue weighted by atomic mass is 16.2. The lowest BCUT2D eigenvalue weighted by molar-refractivity contribution is -0.152. The number of nitrogens with one attached hydrogen (secondary N) is 1. The predicted molar refractivity (Wildman–Crippen MR) is 59.5 cm³/mol. The third kappa shape index (κ3) is 1.50. The summed E-state index contributed by atoms with van der Waals surface area (Å²) in [6.07, 6.45) is 1.72. The minimum absolute atomic E-state index is 0.0508. The van der Waals surface area contributed by atoms with Crippen molar-refractivity contribution in [2.45, 2.75) is 32.2 Å². The van der Waals surface area contributed by atoms with Gasteiger partial charge < -0.3 is 16.0 Å². The lowest BCUT2D eigenvalue weighted by Gasteiger charge is -2.42. The molecule has 0 spiro atoms. The van der Waals surface area contributed by atoms with Crippen molar-refractivity contribution in [3.8, 4) is 0 Å². The first-order chi connectivity index (χ1) is 7.44. The Kier molecular flexibility index (Phi) is 2.45. The minimum Gasteiger partial charge on any atom is -0.352 e. The molecule has 2 amide bonds. The summed E-state index contributed by atoms with van der Waals surface area (Å²) in [5, 5.41) is 2.78. The van der Waals surface area contributed by atoms with Crippen molar-refractivity contribution in [1.82, 2.24) is 10.2 Å². The summed E-state index contributed by atoms with van der Waals surface area (Å²) < 4.78 is 0. The molecule has 2 fully saturated rings. The van der Waals surface area contributed by atoms with Gasteiger partial charge in [-0.05, 0) is 26.7 Å². The second-order valence-electron chi connectivity index (χ2n) is 5.26. The maximum absolute atomic E-state index is 12.3. The zero-order valence-electron chi connectivity index (χ0n) is 9.88. The Hall–Kier alpha value is -1.10. The average molecular weight is 225 g/mol. The van der Waals surface area contributed by atoms with Gasteiger partial charge in [-0.1, -0.05) is 0 Å². The van der Waals surface area contributed by atoms with Gasteiger partial charge in [-0.3, -0.25) is 9.59 Å². The Labute approximate surface area is 95.3 Å². The van der Waals surface area contributed by atoms with Crippen LogP contribution in [-0.4, -0.2) is 41.9 Å². The molecule has 0 radical (unpaired) electrons. The molecule has 1 saturated heterocycles. The smallest absolute Gasteiger partial charge is 0.245 e. The molecule has 2 rings (SSSR count). The molecule has 5 heteroatoms. The molecule has 0 bridgehead atoms. The van der Waals surface area contributed by atoms with E-state index in [0.717, 1.165) is 12.8 Å². The van der Waals surface area contributed by atoms with Crippen LogP contribution in [0, 0.1) is 5.41 Å². The highest BCUT2D eigenvalue weighted by molar-refractivity contribution is 5.94. The minimum atomic E-state index is -0.750. The van der Waals surface area contributed by atoms with E-state index in [1.54, 1.807) is 18.7 Å². The summed E-state index contributed by atoms with van der Waals surface area (Å²) in [6.45, 7) is 5.08. The number of nitrogens with two attached hydrogens (primary N) is 1. The molecule has 1 saturated carbocycles. The molecule has 90 valence electrons. The fraction of sp³-hybridized carbons (Fsp3) is 0.818. The lowest BCUT2D eigenvalue weighted by atomic mass is 9.95. The largest absolute Gasteiger partial charge is 0.352 e. The second-order valence-corrected chi connectivity index (χ2v) is 5.26. The number of amides is 2. The number of carbonyl (C=O) groups is 2. The number of rotatable bonds is 2. The Morgan fingerprint density at radius 3 is 2.62 bits per heavy atom. The first-order valence-electron chi connectivity index (χ1n) is 5.74. The van der Waals surface area contributed by atoms with Crippen LogP contribution in [0.1, 0.15) is 26.7 Å². The molecule has 1 heterocycles. The third-order valence-corrected chi connectivity index (χ3v) is 3.79. The maximum Gasteiger partial charge on any atom is 0.245 e. The summed E-state index contributed by atoms with van der Waals surface area (Å²) in [5.74, 6) is -0.0326. The van der Waals surface area contributed by atoms with E-state index in [2.05, 4.69) is 5.32 Å². The Balaban J connectivity index is 2.20. The van der Waals surface area contributed by atoms with Gasteiger partial charge in [0.05, 0.1) is 5.41 Å². The number of hydrogen-bond acceptors (Lipinski definition) is 3. The number of hydrogen-bond donors (Lipinski definition) is 2. The number of carbonyl (C=O) groups excluding carboxylic acids is 2. The van der Waals surface area contributed by atoms with Crippen molar-refractivity contribution in [3.63, 3.8) is 0 Å². The van der Waals surface area contributed by atoms with Gasteiger partial charge in [-0.15, -0.1) is 0 Å². The molecule has 0 aromatic rings. The SMILES string of the molecule is CC1(C)C(=O)NCCN1C(=O)C1(CN)CC1. The molecule has 0 atom stereocenters. The molecule has 1 aliphatic heterocycles. The van der Waals surface area contributed by atoms with Gasteiger partial charge in [0.25, 0.3) is 0 Å². The molecular formula is C11H19N3O2. The van der Waals surface area contributed by atoms with Gasteiger partial charge in [0.15, 0.2) is 0 Å². The van der Waals surface area contributed by atoms with Gasteiger partial charge in [-0.2, -0.15) is 0 Å². The van der Waals surface area contributed by atoms with Gasteiger partial charge >= 0.3 is 0 Å². The molecule has 2 aliphatic rings. The highest BCUT2D eigenvalue weighted by Crippen LogP contribution is 2.47. The van der Waals surface area contributed by atoms with Crippen molar-refractivity contribution < 1.29 is 9.59 Å². The van der Waals surface area contributed by atoms with E-state index in [-0.39, 0.29) is 17.2 Å². The summed E-state index contributed by atoms with van der Waals surface area (Å²) in [6, 6.07) is 0. The van der Waals surface area contributed by atoms with Crippen molar-refractivity contribution in [2.24, 2.45) is 11.1 Å². The quantitative estimate of drug-likeness (QED) is 0.663. The van der Waals surface area contributed by atoms with Crippen LogP contribution in [0.2, 0.25) is 0 Å². The van der Waals surface area contributed by atoms with E-state index in [1.807, 2.05) is 0 Å². The predicted octanol–water partition coefficient (Wildman–Crippen LogP) is -0.538. The van der Waals surface area contributed by atoms with Crippen molar-refractivity contribution in [2.75, 3.05) is 19.6 Å². The van der Waals surface area contributed by atoms with E-state index in [1.165, 1.54) is 0 Å². The van der Waals surface area contributed by atoms with E-state index >= 15 is 0 Å². The summed E-state index contributed by atoms with van der Waals surface area (Å²) in [7, 11) is 0. The molecule has 0 unspecified atom stereocenters. The molecule has 0 aromatic carbocycles. The molecule has 16 heavy (non-hydrogen) atoms. The van der Waals surface area contributed by atoms with Crippen LogP contribution in [-0.2, 0) is 9.59 Å². The zero-order chi connectivity index (χ0) is 12.0. The molecule has 1 aliphatic carbocycles. The fourth-order valence-electron chi connectivity index (χ4n) is 2.20. The van der Waals surface area contributed by atoms with Crippen LogP contribution < -0.4 is 11.1 Å². The van der Waals surface area contributed by atoms with Gasteiger partial charge in [0.1, 0.15) is 5.54 Å². The first-order valence-corrected chi connectivity index (χ1v) is 5.74. The summed E-state index contributed by atoms with van der Waals surface area (Å²) in [4.78, 5) is 25.8. The van der Waals surface area contributed by atoms with E-state index in [4.69, 9.17) is 5.73 Å². The fourth-order valence-corrected chi connectivity index (χ4v) is 2.20. The van der Waals surface area contributed by atoms with Crippen LogP contribution in [0.4, 0.5) is 0 Å². The molecular weight excluding hydrogens is 206 g/mol. The lowest BCUT2D eigenvalue weighted by Crippen LogP contribution is -2.65. The molecule has 5 nitrogen and oxygen atoms in total. The maximum atomic E-state index is 12.3. The van der Waals surface area contributed by atoms with E-state index in [9.17, 15) is 9.59 Å². The van der Waals surface area contributed by atoms with Crippen LogP contribution in [0.15, 0.2) is 0 Å². The Bertz CT molecular complexity index is 334. The van der Waals surface area contributed by atoms with Crippen LogP contribution >= 0.6 is 0 Å². The first kappa shape index (κ1) is 11.4. The average Bonchev–Trinajstić information content (AvgIpc) is 3.02. The van der Waals surface area contributed by atoms with E-state index in [0.29, 0.717) is 19.6 Å². The van der Waals surface area contributed by atoms with Gasteiger partial charge in [0, 0.05) is 19.6 Å². The topological polar surface area (TPSA) is 75.4 Å². The van der Waals surface area contributed by atoms with E-state index < -0.39 is 5.54 Å². The Morgan fingerprint density at radius 1 is 1.50 bits per heavy atom. The zero-order valence-corrected chi connectivity index (χ0v) is 9.88. The normalized spacial score (nSPS) is 26.2. The monoisotopic (exact) mass is 225 g/mol. The highest BCUT2D eigenvalue weighted by Gasteiger charge is 2.54. The van der Waals surface area contributed by atoms with Crippen molar-refractivity contribution in [1.29, 1.82) is 0 Å². The molecule has 0 aromatic heterocycles. The number of nitrogens with zero attached hydrogens (tertiary/aromatic N) is 1. The van der Waals surface area contributed by atoms with Gasteiger partial charge in [-0.25, -0.2) is 0 Å². The van der Waals surface area contributed by atoms with Crippen LogP contribution in [0.3, 0.4) is 0 Å². The summed E-state index contributed by atoms with van der Waals surface area (Å²) in [5.41, 5.74) is 4.54. The Morgan fingerprint density at radius 2 is 2.12 bits per heavy atom. The standard InChI is InChI=1S/C11H19N3O2/c1-10(2)8(15)13-5-6-14(10)9(16)11(7-12)3-4-11/h3-7,12H2,1-2H3,(H,13,15). The van der Waals surface area contributed by atoms with Crippen molar-refractivity contribution >= 4 is 11.8 Å². The number of piperazine rings is 1. The third-order valence-electron chi connectivity index (χ3n) is 3.79. The molecule has 3 N–H and O–H groups in total. The van der Waals surface area contributed by atoms with Crippen LogP contribution in [0.5, 0.6) is 0 Å². The summed E-state index contributed by atoms with van der Waals surface area (Å²) >= 11 is 0.